The van der Waals surface area contributed by atoms with E-state index in [0.717, 1.165) is 37.4 Å². The summed E-state index contributed by atoms with van der Waals surface area (Å²) in [5.74, 6) is 1.09. The Morgan fingerprint density at radius 3 is 2.38 bits per heavy atom. The number of aromatic nitrogens is 1. The Kier molecular flexibility index (Phi) is 5.33. The molecule has 6 nitrogen and oxygen atoms in total. The second kappa shape index (κ2) is 7.64. The van der Waals surface area contributed by atoms with Crippen LogP contribution in [0.4, 0.5) is 11.5 Å². The highest BCUT2D eigenvalue weighted by Gasteiger charge is 2.26. The molecule has 0 spiro atoms. The number of likely N-dealkylation sites (tertiary alicyclic amines) is 1. The average molecular weight is 330 g/mol. The molecule has 2 saturated heterocycles. The quantitative estimate of drug-likeness (QED) is 0.923. The minimum atomic E-state index is -0.0256. The van der Waals surface area contributed by atoms with Crippen LogP contribution in [0.1, 0.15) is 39.0 Å². The van der Waals surface area contributed by atoms with Crippen LogP contribution >= 0.6 is 0 Å². The molecule has 2 aliphatic heterocycles. The molecule has 3 rings (SSSR count). The largest absolute Gasteiger partial charge is 0.357 e. The van der Waals surface area contributed by atoms with Gasteiger partial charge in [0.15, 0.2) is 0 Å². The number of carbonyl (C=O) groups is 2. The fourth-order valence-electron chi connectivity index (χ4n) is 3.47. The lowest BCUT2D eigenvalue weighted by molar-refractivity contribution is -0.132. The predicted molar refractivity (Wildman–Crippen MR) is 93.9 cm³/mol. The fraction of sp³-hybridized carbons (Fsp3) is 0.611. The molecule has 0 unspecified atom stereocenters. The van der Waals surface area contributed by atoms with Crippen molar-refractivity contribution in [2.75, 3.05) is 36.4 Å². The zero-order chi connectivity index (χ0) is 16.9. The monoisotopic (exact) mass is 330 g/mol. The molecule has 0 bridgehead atoms. The lowest BCUT2D eigenvalue weighted by atomic mass is 9.96. The molecule has 0 aromatic carbocycles. The SMILES string of the molecule is CC(=O)N1CCC(C(=O)Nc2ccc(N3CCCCC3)nc2)CC1. The van der Waals surface area contributed by atoms with Crippen LogP contribution in [0.15, 0.2) is 18.3 Å². The molecule has 6 heteroatoms. The van der Waals surface area contributed by atoms with Crippen molar-refractivity contribution in [2.45, 2.75) is 39.0 Å². The highest BCUT2D eigenvalue weighted by molar-refractivity contribution is 5.92. The van der Waals surface area contributed by atoms with Crippen molar-refractivity contribution in [3.05, 3.63) is 18.3 Å². The van der Waals surface area contributed by atoms with Crippen LogP contribution in [0.3, 0.4) is 0 Å². The summed E-state index contributed by atoms with van der Waals surface area (Å²) >= 11 is 0. The number of amides is 2. The van der Waals surface area contributed by atoms with Gasteiger partial charge in [-0.25, -0.2) is 4.98 Å². The van der Waals surface area contributed by atoms with Crippen molar-refractivity contribution in [1.29, 1.82) is 0 Å². The van der Waals surface area contributed by atoms with Crippen molar-refractivity contribution in [1.82, 2.24) is 9.88 Å². The first kappa shape index (κ1) is 16.7. The Labute approximate surface area is 143 Å². The number of nitrogens with zero attached hydrogens (tertiary/aromatic N) is 3. The Morgan fingerprint density at radius 1 is 1.08 bits per heavy atom. The summed E-state index contributed by atoms with van der Waals surface area (Å²) in [7, 11) is 0. The van der Waals surface area contributed by atoms with Crippen LogP contribution in [-0.2, 0) is 9.59 Å². The smallest absolute Gasteiger partial charge is 0.227 e. The van der Waals surface area contributed by atoms with Gasteiger partial charge in [-0.1, -0.05) is 0 Å². The molecule has 1 aromatic rings. The van der Waals surface area contributed by atoms with E-state index in [1.165, 1.54) is 19.3 Å². The summed E-state index contributed by atoms with van der Waals surface area (Å²) in [6.45, 7) is 5.04. The van der Waals surface area contributed by atoms with E-state index in [1.807, 2.05) is 12.1 Å². The van der Waals surface area contributed by atoms with Crippen LogP contribution in [-0.4, -0.2) is 47.9 Å². The zero-order valence-electron chi connectivity index (χ0n) is 14.3. The van der Waals surface area contributed by atoms with Crippen molar-refractivity contribution < 1.29 is 9.59 Å². The van der Waals surface area contributed by atoms with E-state index in [9.17, 15) is 9.59 Å². The summed E-state index contributed by atoms with van der Waals surface area (Å²) in [6.07, 6.45) is 6.94. The average Bonchev–Trinajstić information content (AvgIpc) is 2.63. The molecule has 0 saturated carbocycles. The third kappa shape index (κ3) is 4.04. The van der Waals surface area contributed by atoms with Gasteiger partial charge in [0, 0.05) is 39.0 Å². The molecule has 0 radical (unpaired) electrons. The van der Waals surface area contributed by atoms with E-state index in [-0.39, 0.29) is 17.7 Å². The maximum Gasteiger partial charge on any atom is 0.227 e. The van der Waals surface area contributed by atoms with Gasteiger partial charge in [-0.3, -0.25) is 9.59 Å². The Balaban J connectivity index is 1.52. The molecular formula is C18H26N4O2. The fourth-order valence-corrected chi connectivity index (χ4v) is 3.47. The highest BCUT2D eigenvalue weighted by atomic mass is 16.2. The van der Waals surface area contributed by atoms with E-state index < -0.39 is 0 Å². The third-order valence-corrected chi connectivity index (χ3v) is 5.01. The molecule has 2 amide bonds. The number of piperidine rings is 2. The van der Waals surface area contributed by atoms with Crippen molar-refractivity contribution in [3.8, 4) is 0 Å². The second-order valence-electron chi connectivity index (χ2n) is 6.72. The van der Waals surface area contributed by atoms with Gasteiger partial charge in [0.25, 0.3) is 0 Å². The molecule has 24 heavy (non-hydrogen) atoms. The summed E-state index contributed by atoms with van der Waals surface area (Å²) < 4.78 is 0. The van der Waals surface area contributed by atoms with Gasteiger partial charge in [-0.2, -0.15) is 0 Å². The topological polar surface area (TPSA) is 65.5 Å². The van der Waals surface area contributed by atoms with Crippen molar-refractivity contribution in [2.24, 2.45) is 5.92 Å². The summed E-state index contributed by atoms with van der Waals surface area (Å²) in [4.78, 5) is 32.3. The van der Waals surface area contributed by atoms with E-state index in [4.69, 9.17) is 0 Å². The Hall–Kier alpha value is -2.11. The van der Waals surface area contributed by atoms with Crippen molar-refractivity contribution in [3.63, 3.8) is 0 Å². The Morgan fingerprint density at radius 2 is 1.79 bits per heavy atom. The molecule has 2 aliphatic rings. The summed E-state index contributed by atoms with van der Waals surface area (Å²) in [5.41, 5.74) is 0.745. The number of pyridine rings is 1. The first-order chi connectivity index (χ1) is 11.6. The number of carbonyl (C=O) groups excluding carboxylic acids is 2. The zero-order valence-corrected chi connectivity index (χ0v) is 14.3. The molecule has 3 heterocycles. The molecule has 2 fully saturated rings. The van der Waals surface area contributed by atoms with Gasteiger partial charge in [-0.05, 0) is 44.2 Å². The number of rotatable bonds is 3. The second-order valence-corrected chi connectivity index (χ2v) is 6.72. The molecular weight excluding hydrogens is 304 g/mol. The summed E-state index contributed by atoms with van der Waals surface area (Å²) in [5, 5.41) is 2.96. The minimum Gasteiger partial charge on any atom is -0.357 e. The van der Waals surface area contributed by atoms with Crippen molar-refractivity contribution >= 4 is 23.3 Å². The molecule has 1 N–H and O–H groups in total. The number of nitrogens with one attached hydrogen (secondary N) is 1. The highest BCUT2D eigenvalue weighted by Crippen LogP contribution is 2.21. The number of anilines is 2. The first-order valence-electron chi connectivity index (χ1n) is 8.91. The van der Waals surface area contributed by atoms with Gasteiger partial charge in [-0.15, -0.1) is 0 Å². The normalized spacial score (nSPS) is 19.2. The van der Waals surface area contributed by atoms with Crippen LogP contribution < -0.4 is 10.2 Å². The molecule has 1 aromatic heterocycles. The van der Waals surface area contributed by atoms with E-state index in [1.54, 1.807) is 18.0 Å². The third-order valence-electron chi connectivity index (χ3n) is 5.01. The Bertz CT molecular complexity index is 573. The van der Waals surface area contributed by atoms with Gasteiger partial charge in [0.05, 0.1) is 11.9 Å². The number of hydrogen-bond donors (Lipinski definition) is 1. The van der Waals surface area contributed by atoms with Crippen LogP contribution in [0.5, 0.6) is 0 Å². The van der Waals surface area contributed by atoms with Crippen LogP contribution in [0.25, 0.3) is 0 Å². The molecule has 130 valence electrons. The standard InChI is InChI=1S/C18H26N4O2/c1-14(23)21-11-7-15(8-12-21)18(24)20-16-5-6-17(19-13-16)22-9-3-2-4-10-22/h5-6,13,15H,2-4,7-12H2,1H3,(H,20,24). The lowest BCUT2D eigenvalue weighted by Gasteiger charge is -2.30. The van der Waals surface area contributed by atoms with Gasteiger partial charge >= 0.3 is 0 Å². The maximum atomic E-state index is 12.4. The van der Waals surface area contributed by atoms with Crippen LogP contribution in [0, 0.1) is 5.92 Å². The van der Waals surface area contributed by atoms with Crippen LogP contribution in [0.2, 0.25) is 0 Å². The molecule has 0 atom stereocenters. The van der Waals surface area contributed by atoms with E-state index in [0.29, 0.717) is 13.1 Å². The van der Waals surface area contributed by atoms with E-state index in [2.05, 4.69) is 15.2 Å². The first-order valence-corrected chi connectivity index (χ1v) is 8.91. The number of hydrogen-bond acceptors (Lipinski definition) is 4. The van der Waals surface area contributed by atoms with Gasteiger partial charge < -0.3 is 15.1 Å². The van der Waals surface area contributed by atoms with E-state index >= 15 is 0 Å². The lowest BCUT2D eigenvalue weighted by Crippen LogP contribution is -2.40. The van der Waals surface area contributed by atoms with Gasteiger partial charge in [0.2, 0.25) is 11.8 Å². The summed E-state index contributed by atoms with van der Waals surface area (Å²) in [6, 6.07) is 3.92. The predicted octanol–water partition coefficient (Wildman–Crippen LogP) is 2.27. The maximum absolute atomic E-state index is 12.4. The van der Waals surface area contributed by atoms with Gasteiger partial charge in [0.1, 0.15) is 5.82 Å². The minimum absolute atomic E-state index is 0.0256. The molecule has 0 aliphatic carbocycles.